The summed E-state index contributed by atoms with van der Waals surface area (Å²) in [5.41, 5.74) is 0.751. The maximum atomic E-state index is 10.1. The van der Waals surface area contributed by atoms with E-state index in [2.05, 4.69) is 5.18 Å². The molecule has 1 aromatic rings. The Labute approximate surface area is 94.3 Å². The number of methoxy groups -OCH3 is 1. The number of hydrogen-bond acceptors (Lipinski definition) is 5. The van der Waals surface area contributed by atoms with Crippen LogP contribution in [0.5, 0.6) is 17.2 Å². The lowest BCUT2D eigenvalue weighted by Crippen LogP contribution is -1.93. The lowest BCUT2D eigenvalue weighted by atomic mass is 10.2. The van der Waals surface area contributed by atoms with Crippen molar-refractivity contribution in [2.24, 2.45) is 5.18 Å². The number of nitroso groups, excluding NO2 is 1. The average Bonchev–Trinajstić information content (AvgIpc) is 2.79. The van der Waals surface area contributed by atoms with Crippen molar-refractivity contribution in [3.63, 3.8) is 0 Å². The van der Waals surface area contributed by atoms with E-state index in [1.165, 1.54) is 7.11 Å². The van der Waals surface area contributed by atoms with Gasteiger partial charge in [-0.15, -0.1) is 0 Å². The van der Waals surface area contributed by atoms with Crippen LogP contribution in [0.25, 0.3) is 0 Å². The van der Waals surface area contributed by atoms with Crippen LogP contribution in [-0.4, -0.2) is 13.9 Å². The van der Waals surface area contributed by atoms with Crippen LogP contribution in [0.3, 0.4) is 0 Å². The fourth-order valence-electron chi connectivity index (χ4n) is 1.35. The van der Waals surface area contributed by atoms with Crippen molar-refractivity contribution in [2.75, 3.05) is 13.9 Å². The number of nitrogens with zero attached hydrogens (tertiary/aromatic N) is 1. The van der Waals surface area contributed by atoms with Gasteiger partial charge in [-0.2, -0.15) is 4.91 Å². The maximum Gasteiger partial charge on any atom is 0.231 e. The Balaban J connectivity index is 0.000000606. The summed E-state index contributed by atoms with van der Waals surface area (Å²) < 4.78 is 15.5. The standard InChI is InChI=1S/C9H9NO4.C2H6/c1-12-7-2-6(4-10-11)3-8-9(7)14-5-13-8;1-2/h2-3H,4-5H2,1H3;1-2H3. The molecule has 16 heavy (non-hydrogen) atoms. The van der Waals surface area contributed by atoms with E-state index in [1.807, 2.05) is 13.8 Å². The van der Waals surface area contributed by atoms with Gasteiger partial charge in [-0.25, -0.2) is 0 Å². The number of benzene rings is 1. The Bertz CT molecular complexity index is 365. The van der Waals surface area contributed by atoms with E-state index in [4.69, 9.17) is 14.2 Å². The molecule has 0 unspecified atom stereocenters. The lowest BCUT2D eigenvalue weighted by Gasteiger charge is -2.05. The SMILES string of the molecule is CC.COc1cc(CN=O)cc2c1OCO2. The molecular formula is C11H15NO4. The second-order valence-corrected chi connectivity index (χ2v) is 2.82. The van der Waals surface area contributed by atoms with Gasteiger partial charge in [-0.1, -0.05) is 19.0 Å². The van der Waals surface area contributed by atoms with Crippen molar-refractivity contribution in [2.45, 2.75) is 20.4 Å². The van der Waals surface area contributed by atoms with E-state index in [0.29, 0.717) is 17.2 Å². The van der Waals surface area contributed by atoms with Crippen LogP contribution in [-0.2, 0) is 6.54 Å². The summed E-state index contributed by atoms with van der Waals surface area (Å²) >= 11 is 0. The highest BCUT2D eigenvalue weighted by atomic mass is 16.7. The van der Waals surface area contributed by atoms with Crippen LogP contribution in [0.4, 0.5) is 0 Å². The Morgan fingerprint density at radius 2 is 2.12 bits per heavy atom. The fourth-order valence-corrected chi connectivity index (χ4v) is 1.35. The predicted octanol–water partition coefficient (Wildman–Crippen LogP) is 2.72. The van der Waals surface area contributed by atoms with Crippen LogP contribution >= 0.6 is 0 Å². The minimum Gasteiger partial charge on any atom is -0.493 e. The molecule has 0 fully saturated rings. The molecule has 1 aliphatic heterocycles. The summed E-state index contributed by atoms with van der Waals surface area (Å²) in [6.45, 7) is 4.29. The van der Waals surface area contributed by atoms with Gasteiger partial charge < -0.3 is 14.2 Å². The summed E-state index contributed by atoms with van der Waals surface area (Å²) in [5.74, 6) is 1.75. The van der Waals surface area contributed by atoms with E-state index in [9.17, 15) is 4.91 Å². The summed E-state index contributed by atoms with van der Waals surface area (Å²) in [4.78, 5) is 10.1. The molecule has 5 nitrogen and oxygen atoms in total. The normalized spacial score (nSPS) is 11.4. The van der Waals surface area contributed by atoms with Crippen molar-refractivity contribution in [3.05, 3.63) is 22.6 Å². The average molecular weight is 225 g/mol. The van der Waals surface area contributed by atoms with Crippen LogP contribution in [0.1, 0.15) is 19.4 Å². The second kappa shape index (κ2) is 5.95. The molecule has 0 atom stereocenters. The zero-order valence-corrected chi connectivity index (χ0v) is 9.65. The Hall–Kier alpha value is -1.78. The number of fused-ring (bicyclic) bond motifs is 1. The molecule has 0 bridgehead atoms. The van der Waals surface area contributed by atoms with Gasteiger partial charge >= 0.3 is 0 Å². The van der Waals surface area contributed by atoms with Gasteiger partial charge in [-0.3, -0.25) is 0 Å². The number of ether oxygens (including phenoxy) is 3. The third kappa shape index (κ3) is 2.42. The van der Waals surface area contributed by atoms with Crippen LogP contribution < -0.4 is 14.2 Å². The highest BCUT2D eigenvalue weighted by Gasteiger charge is 2.19. The zero-order chi connectivity index (χ0) is 12.0. The maximum absolute atomic E-state index is 10.1. The Morgan fingerprint density at radius 1 is 1.38 bits per heavy atom. The molecule has 0 amide bonds. The predicted molar refractivity (Wildman–Crippen MR) is 60.0 cm³/mol. The molecule has 0 saturated heterocycles. The largest absolute Gasteiger partial charge is 0.493 e. The van der Waals surface area contributed by atoms with Crippen molar-refractivity contribution < 1.29 is 14.2 Å². The Kier molecular flexibility index (Phi) is 4.57. The van der Waals surface area contributed by atoms with E-state index >= 15 is 0 Å². The number of rotatable bonds is 3. The monoisotopic (exact) mass is 225 g/mol. The molecule has 0 N–H and O–H groups in total. The topological polar surface area (TPSA) is 57.1 Å². The van der Waals surface area contributed by atoms with Crippen LogP contribution in [0, 0.1) is 4.91 Å². The Morgan fingerprint density at radius 3 is 2.75 bits per heavy atom. The third-order valence-corrected chi connectivity index (χ3v) is 1.97. The highest BCUT2D eigenvalue weighted by molar-refractivity contribution is 5.55. The van der Waals surface area contributed by atoms with Crippen molar-refractivity contribution in [3.8, 4) is 17.2 Å². The third-order valence-electron chi connectivity index (χ3n) is 1.97. The fraction of sp³-hybridized carbons (Fsp3) is 0.455. The minimum atomic E-state index is 0.104. The molecule has 0 aliphatic carbocycles. The lowest BCUT2D eigenvalue weighted by molar-refractivity contribution is 0.171. The first-order chi connectivity index (χ1) is 7.85. The molecule has 2 rings (SSSR count). The minimum absolute atomic E-state index is 0.104. The quantitative estimate of drug-likeness (QED) is 0.742. The van der Waals surface area contributed by atoms with Gasteiger partial charge in [0.25, 0.3) is 0 Å². The van der Waals surface area contributed by atoms with Crippen LogP contribution in [0.15, 0.2) is 17.3 Å². The van der Waals surface area contributed by atoms with E-state index in [-0.39, 0.29) is 13.3 Å². The first kappa shape index (κ1) is 12.3. The highest BCUT2D eigenvalue weighted by Crippen LogP contribution is 2.41. The molecule has 1 aromatic carbocycles. The van der Waals surface area contributed by atoms with Gasteiger partial charge in [0.2, 0.25) is 12.5 Å². The van der Waals surface area contributed by atoms with E-state index in [1.54, 1.807) is 12.1 Å². The van der Waals surface area contributed by atoms with Crippen molar-refractivity contribution in [1.29, 1.82) is 0 Å². The molecule has 88 valence electrons. The second-order valence-electron chi connectivity index (χ2n) is 2.82. The summed E-state index contributed by atoms with van der Waals surface area (Å²) in [6.07, 6.45) is 0. The molecule has 0 radical (unpaired) electrons. The smallest absolute Gasteiger partial charge is 0.231 e. The molecule has 5 heteroatoms. The molecular weight excluding hydrogens is 210 g/mol. The molecule has 0 spiro atoms. The van der Waals surface area contributed by atoms with Crippen LogP contribution in [0.2, 0.25) is 0 Å². The zero-order valence-electron chi connectivity index (χ0n) is 9.65. The van der Waals surface area contributed by atoms with E-state index < -0.39 is 0 Å². The molecule has 0 saturated carbocycles. The molecule has 0 aromatic heterocycles. The first-order valence-corrected chi connectivity index (χ1v) is 5.11. The van der Waals surface area contributed by atoms with Gasteiger partial charge in [0.15, 0.2) is 11.5 Å². The van der Waals surface area contributed by atoms with E-state index in [0.717, 1.165) is 5.56 Å². The molecule has 1 heterocycles. The van der Waals surface area contributed by atoms with Gasteiger partial charge in [0, 0.05) is 0 Å². The summed E-state index contributed by atoms with van der Waals surface area (Å²) in [6, 6.07) is 3.45. The summed E-state index contributed by atoms with van der Waals surface area (Å²) in [5, 5.41) is 2.80. The van der Waals surface area contributed by atoms with Crippen molar-refractivity contribution in [1.82, 2.24) is 0 Å². The van der Waals surface area contributed by atoms with Gasteiger partial charge in [0.1, 0.15) is 6.54 Å². The molecule has 1 aliphatic rings. The van der Waals surface area contributed by atoms with Gasteiger partial charge in [0.05, 0.1) is 7.11 Å². The number of hydrogen-bond donors (Lipinski definition) is 0. The van der Waals surface area contributed by atoms with Gasteiger partial charge in [-0.05, 0) is 17.7 Å². The summed E-state index contributed by atoms with van der Waals surface area (Å²) in [7, 11) is 1.54. The first-order valence-electron chi connectivity index (χ1n) is 5.11. The van der Waals surface area contributed by atoms with Crippen molar-refractivity contribution >= 4 is 0 Å².